The van der Waals surface area contributed by atoms with Crippen molar-refractivity contribution in [3.8, 4) is 0 Å². The molecule has 2 aromatic rings. The number of rotatable bonds is 4. The number of benzene rings is 1. The van der Waals surface area contributed by atoms with Crippen LogP contribution in [0.15, 0.2) is 34.7 Å². The Morgan fingerprint density at radius 2 is 1.72 bits per heavy atom. The molecule has 1 heterocycles. The van der Waals surface area contributed by atoms with Crippen LogP contribution in [0.4, 0.5) is 0 Å². The molecule has 2 nitrogen and oxygen atoms in total. The first-order chi connectivity index (χ1) is 8.54. The van der Waals surface area contributed by atoms with Gasteiger partial charge in [0.25, 0.3) is 0 Å². The third-order valence-electron chi connectivity index (χ3n) is 3.08. The lowest BCUT2D eigenvalue weighted by Crippen LogP contribution is -2.17. The number of hydrogen-bond acceptors (Lipinski definition) is 2. The first-order valence-corrected chi connectivity index (χ1v) is 6.41. The van der Waals surface area contributed by atoms with Crippen LogP contribution in [0.5, 0.6) is 0 Å². The van der Waals surface area contributed by atoms with Gasteiger partial charge in [-0.05, 0) is 45.4 Å². The normalized spacial score (nSPS) is 12.7. The van der Waals surface area contributed by atoms with E-state index in [2.05, 4.69) is 44.3 Å². The van der Waals surface area contributed by atoms with Gasteiger partial charge in [-0.3, -0.25) is 0 Å². The van der Waals surface area contributed by atoms with Crippen molar-refractivity contribution in [2.75, 3.05) is 0 Å². The molecule has 0 spiro atoms. The molecule has 0 fully saturated rings. The molecule has 18 heavy (non-hydrogen) atoms. The summed E-state index contributed by atoms with van der Waals surface area (Å²) in [5, 5.41) is 3.49. The summed E-state index contributed by atoms with van der Waals surface area (Å²) in [7, 11) is 0. The maximum absolute atomic E-state index is 5.62. The summed E-state index contributed by atoms with van der Waals surface area (Å²) in [6.45, 7) is 9.23. The van der Waals surface area contributed by atoms with Gasteiger partial charge in [0, 0.05) is 6.54 Å². The van der Waals surface area contributed by atoms with Crippen LogP contribution in [0.3, 0.4) is 0 Å². The van der Waals surface area contributed by atoms with Crippen LogP contribution < -0.4 is 5.32 Å². The Kier molecular flexibility index (Phi) is 3.87. The van der Waals surface area contributed by atoms with Crippen molar-refractivity contribution in [2.45, 2.75) is 40.3 Å². The highest BCUT2D eigenvalue weighted by Crippen LogP contribution is 2.16. The zero-order chi connectivity index (χ0) is 13.1. The third kappa shape index (κ3) is 3.23. The van der Waals surface area contributed by atoms with Crippen LogP contribution in [-0.2, 0) is 6.54 Å². The molecule has 0 amide bonds. The van der Waals surface area contributed by atoms with E-state index in [1.54, 1.807) is 0 Å². The van der Waals surface area contributed by atoms with Gasteiger partial charge >= 0.3 is 0 Å². The van der Waals surface area contributed by atoms with Crippen LogP contribution in [-0.4, -0.2) is 0 Å². The summed E-state index contributed by atoms with van der Waals surface area (Å²) in [6, 6.07) is 10.9. The molecule has 0 bridgehead atoms. The first kappa shape index (κ1) is 12.9. The summed E-state index contributed by atoms with van der Waals surface area (Å²) in [5.74, 6) is 1.96. The number of hydrogen-bond donors (Lipinski definition) is 1. The zero-order valence-corrected chi connectivity index (χ0v) is 11.6. The predicted molar refractivity (Wildman–Crippen MR) is 74.6 cm³/mol. The van der Waals surface area contributed by atoms with Crippen molar-refractivity contribution in [2.24, 2.45) is 0 Å². The number of furan rings is 1. The summed E-state index contributed by atoms with van der Waals surface area (Å²) >= 11 is 0. The van der Waals surface area contributed by atoms with E-state index in [9.17, 15) is 0 Å². The van der Waals surface area contributed by atoms with Crippen LogP contribution in [0.2, 0.25) is 0 Å². The summed E-state index contributed by atoms with van der Waals surface area (Å²) in [6.07, 6.45) is 0. The summed E-state index contributed by atoms with van der Waals surface area (Å²) in [4.78, 5) is 0. The molecule has 96 valence electrons. The molecule has 1 unspecified atom stereocenters. The lowest BCUT2D eigenvalue weighted by Gasteiger charge is -2.12. The molecular formula is C16H21NO. The van der Waals surface area contributed by atoms with E-state index in [0.717, 1.165) is 18.1 Å². The SMILES string of the molecule is Cc1cc(C)cc(CNC(C)c2ccc(C)o2)c1. The molecule has 2 rings (SSSR count). The van der Waals surface area contributed by atoms with Gasteiger partial charge in [-0.25, -0.2) is 0 Å². The minimum atomic E-state index is 0.236. The molecule has 0 aliphatic heterocycles. The van der Waals surface area contributed by atoms with Gasteiger partial charge in [-0.2, -0.15) is 0 Å². The average molecular weight is 243 g/mol. The Balaban J connectivity index is 1.99. The van der Waals surface area contributed by atoms with Gasteiger partial charge in [-0.15, -0.1) is 0 Å². The average Bonchev–Trinajstić information content (AvgIpc) is 2.71. The third-order valence-corrected chi connectivity index (χ3v) is 3.08. The van der Waals surface area contributed by atoms with E-state index in [-0.39, 0.29) is 6.04 Å². The molecular weight excluding hydrogens is 222 g/mol. The molecule has 0 aliphatic carbocycles. The smallest absolute Gasteiger partial charge is 0.120 e. The second-order valence-corrected chi connectivity index (χ2v) is 5.05. The van der Waals surface area contributed by atoms with Gasteiger partial charge in [0.05, 0.1) is 6.04 Å². The molecule has 1 atom stereocenters. The molecule has 0 aliphatic rings. The second kappa shape index (κ2) is 5.40. The quantitative estimate of drug-likeness (QED) is 0.876. The van der Waals surface area contributed by atoms with E-state index >= 15 is 0 Å². The van der Waals surface area contributed by atoms with Crippen molar-refractivity contribution in [1.29, 1.82) is 0 Å². The predicted octanol–water partition coefficient (Wildman–Crippen LogP) is 4.06. The summed E-state index contributed by atoms with van der Waals surface area (Å²) < 4.78 is 5.62. The zero-order valence-electron chi connectivity index (χ0n) is 11.6. The van der Waals surface area contributed by atoms with Gasteiger partial charge in [0.15, 0.2) is 0 Å². The fourth-order valence-corrected chi connectivity index (χ4v) is 2.23. The van der Waals surface area contributed by atoms with Gasteiger partial charge in [0.1, 0.15) is 11.5 Å². The molecule has 0 saturated heterocycles. The molecule has 1 aromatic heterocycles. The molecule has 0 saturated carbocycles. The van der Waals surface area contributed by atoms with Crippen molar-refractivity contribution < 1.29 is 4.42 Å². The number of aryl methyl sites for hydroxylation is 3. The molecule has 2 heteroatoms. The highest BCUT2D eigenvalue weighted by molar-refractivity contribution is 5.28. The van der Waals surface area contributed by atoms with E-state index in [1.807, 2.05) is 19.1 Å². The van der Waals surface area contributed by atoms with Crippen molar-refractivity contribution in [1.82, 2.24) is 5.32 Å². The fraction of sp³-hybridized carbons (Fsp3) is 0.375. The van der Waals surface area contributed by atoms with Crippen LogP contribution >= 0.6 is 0 Å². The van der Waals surface area contributed by atoms with Gasteiger partial charge < -0.3 is 9.73 Å². The van der Waals surface area contributed by atoms with Crippen molar-refractivity contribution >= 4 is 0 Å². The highest BCUT2D eigenvalue weighted by Gasteiger charge is 2.08. The Morgan fingerprint density at radius 3 is 2.28 bits per heavy atom. The summed E-state index contributed by atoms with van der Waals surface area (Å²) in [5.41, 5.74) is 3.95. The van der Waals surface area contributed by atoms with Crippen LogP contribution in [0, 0.1) is 20.8 Å². The Labute approximate surface area is 109 Å². The van der Waals surface area contributed by atoms with Gasteiger partial charge in [-0.1, -0.05) is 29.3 Å². The fourth-order valence-electron chi connectivity index (χ4n) is 2.23. The Hall–Kier alpha value is -1.54. The maximum Gasteiger partial charge on any atom is 0.120 e. The molecule has 0 radical (unpaired) electrons. The maximum atomic E-state index is 5.62. The minimum absolute atomic E-state index is 0.236. The van der Waals surface area contributed by atoms with Gasteiger partial charge in [0.2, 0.25) is 0 Å². The Bertz CT molecular complexity index is 507. The largest absolute Gasteiger partial charge is 0.465 e. The van der Waals surface area contributed by atoms with Crippen molar-refractivity contribution in [3.63, 3.8) is 0 Å². The van der Waals surface area contributed by atoms with E-state index in [1.165, 1.54) is 16.7 Å². The molecule has 1 N–H and O–H groups in total. The van der Waals surface area contributed by atoms with E-state index < -0.39 is 0 Å². The topological polar surface area (TPSA) is 25.2 Å². The minimum Gasteiger partial charge on any atom is -0.465 e. The lowest BCUT2D eigenvalue weighted by atomic mass is 10.1. The molecule has 1 aromatic carbocycles. The first-order valence-electron chi connectivity index (χ1n) is 6.41. The monoisotopic (exact) mass is 243 g/mol. The van der Waals surface area contributed by atoms with E-state index in [4.69, 9.17) is 4.42 Å². The number of nitrogens with one attached hydrogen (secondary N) is 1. The van der Waals surface area contributed by atoms with E-state index in [0.29, 0.717) is 0 Å². The van der Waals surface area contributed by atoms with Crippen molar-refractivity contribution in [3.05, 3.63) is 58.5 Å². The standard InChI is InChI=1S/C16H21NO/c1-11-7-12(2)9-15(8-11)10-17-14(4)16-6-5-13(3)18-16/h5-9,14,17H,10H2,1-4H3. The highest BCUT2D eigenvalue weighted by atomic mass is 16.3. The van der Waals surface area contributed by atoms with Crippen LogP contribution in [0.25, 0.3) is 0 Å². The van der Waals surface area contributed by atoms with Crippen LogP contribution in [0.1, 0.15) is 41.2 Å². The Morgan fingerprint density at radius 1 is 1.06 bits per heavy atom. The second-order valence-electron chi connectivity index (χ2n) is 5.05. The lowest BCUT2D eigenvalue weighted by molar-refractivity contribution is 0.416.